The van der Waals surface area contributed by atoms with Crippen molar-refractivity contribution in [3.05, 3.63) is 70.9 Å². The first-order valence-corrected chi connectivity index (χ1v) is 10.5. The molecule has 3 heterocycles. The van der Waals surface area contributed by atoms with Crippen molar-refractivity contribution >= 4 is 28.6 Å². The van der Waals surface area contributed by atoms with Crippen LogP contribution in [0.4, 0.5) is 0 Å². The Morgan fingerprint density at radius 1 is 1.21 bits per heavy atom. The third-order valence-electron chi connectivity index (χ3n) is 5.15. The van der Waals surface area contributed by atoms with Gasteiger partial charge in [0.2, 0.25) is 5.82 Å². The summed E-state index contributed by atoms with van der Waals surface area (Å²) in [5, 5.41) is 24.3. The van der Waals surface area contributed by atoms with Gasteiger partial charge in [0.05, 0.1) is 40.5 Å². The van der Waals surface area contributed by atoms with E-state index in [0.717, 1.165) is 11.3 Å². The summed E-state index contributed by atoms with van der Waals surface area (Å²) in [6.45, 7) is 2.67. The average molecular weight is 464 g/mol. The number of H-pyrrole nitrogens is 1. The number of benzene rings is 2. The number of fused-ring (bicyclic) bond motifs is 1. The number of nitrogens with zero attached hydrogens (tertiary/aromatic N) is 6. The van der Waals surface area contributed by atoms with Gasteiger partial charge >= 0.3 is 5.97 Å². The average Bonchev–Trinajstić information content (AvgIpc) is 3.54. The number of tetrazole rings is 1. The molecule has 3 aromatic heterocycles. The highest BCUT2D eigenvalue weighted by atomic mass is 35.5. The van der Waals surface area contributed by atoms with Crippen molar-refractivity contribution in [2.45, 2.75) is 13.5 Å². The Morgan fingerprint density at radius 2 is 2.03 bits per heavy atom. The predicted molar refractivity (Wildman–Crippen MR) is 121 cm³/mol. The highest BCUT2D eigenvalue weighted by Gasteiger charge is 2.19. The van der Waals surface area contributed by atoms with Crippen LogP contribution in [-0.2, 0) is 6.54 Å². The summed E-state index contributed by atoms with van der Waals surface area (Å²) < 4.78 is 9.36. The van der Waals surface area contributed by atoms with Crippen LogP contribution in [-0.4, -0.2) is 52.4 Å². The van der Waals surface area contributed by atoms with Crippen molar-refractivity contribution in [3.8, 4) is 23.2 Å². The second-order valence-electron chi connectivity index (χ2n) is 7.21. The van der Waals surface area contributed by atoms with E-state index in [-0.39, 0.29) is 5.56 Å². The quantitative estimate of drug-likeness (QED) is 0.376. The molecule has 33 heavy (non-hydrogen) atoms. The maximum absolute atomic E-state index is 11.8. The minimum atomic E-state index is -1.02. The summed E-state index contributed by atoms with van der Waals surface area (Å²) in [6.07, 6.45) is 1.78. The Kier molecular flexibility index (Phi) is 5.27. The Hall–Kier alpha value is -4.18. The molecule has 0 spiro atoms. The smallest absolute Gasteiger partial charge is 0.337 e. The number of aromatic amines is 1. The van der Waals surface area contributed by atoms with Gasteiger partial charge in [-0.25, -0.2) is 4.79 Å². The Balaban J connectivity index is 1.52. The van der Waals surface area contributed by atoms with Crippen LogP contribution in [0.3, 0.4) is 0 Å². The van der Waals surface area contributed by atoms with E-state index in [0.29, 0.717) is 46.7 Å². The van der Waals surface area contributed by atoms with Gasteiger partial charge in [0.15, 0.2) is 0 Å². The monoisotopic (exact) mass is 463 g/mol. The second-order valence-corrected chi connectivity index (χ2v) is 7.64. The molecule has 5 aromatic rings. The molecule has 5 rings (SSSR count). The Bertz CT molecular complexity index is 1440. The largest absolute Gasteiger partial charge is 0.478 e. The van der Waals surface area contributed by atoms with Crippen molar-refractivity contribution in [2.24, 2.45) is 0 Å². The second kappa shape index (κ2) is 8.40. The van der Waals surface area contributed by atoms with Crippen LogP contribution >= 0.6 is 11.6 Å². The van der Waals surface area contributed by atoms with E-state index >= 15 is 0 Å². The van der Waals surface area contributed by atoms with E-state index in [1.807, 2.05) is 35.8 Å². The van der Waals surface area contributed by atoms with E-state index in [1.165, 1.54) is 0 Å². The van der Waals surface area contributed by atoms with Gasteiger partial charge in [-0.2, -0.15) is 10.2 Å². The van der Waals surface area contributed by atoms with Crippen LogP contribution in [0.1, 0.15) is 22.8 Å². The molecule has 0 unspecified atom stereocenters. The number of hydrogen-bond acceptors (Lipinski definition) is 6. The van der Waals surface area contributed by atoms with E-state index in [1.54, 1.807) is 35.0 Å². The molecule has 11 heteroatoms. The standard InChI is InChI=1S/C22H18ClN7O3/c1-2-33-22-24-17-5-3-4-16(21(31)32)19(17)30(22)11-13-6-8-15(9-7-13)29-12-14(23)10-18(29)20-25-27-28-26-20/h3-10,12H,2,11H2,1H3,(H,31,32)(H,25,26,27,28). The maximum atomic E-state index is 11.8. The van der Waals surface area contributed by atoms with Crippen molar-refractivity contribution in [1.82, 2.24) is 34.7 Å². The fraction of sp³-hybridized carbons (Fsp3) is 0.136. The first kappa shape index (κ1) is 20.7. The third-order valence-corrected chi connectivity index (χ3v) is 5.36. The van der Waals surface area contributed by atoms with Gasteiger partial charge in [-0.15, -0.1) is 10.2 Å². The van der Waals surface area contributed by atoms with Crippen LogP contribution in [0.5, 0.6) is 6.01 Å². The van der Waals surface area contributed by atoms with Gasteiger partial charge in [0, 0.05) is 11.9 Å². The number of carboxylic acids is 1. The lowest BCUT2D eigenvalue weighted by molar-refractivity contribution is 0.0698. The molecular weight excluding hydrogens is 446 g/mol. The van der Waals surface area contributed by atoms with Gasteiger partial charge in [-0.1, -0.05) is 29.8 Å². The first-order valence-electron chi connectivity index (χ1n) is 10.1. The Labute approximate surface area is 192 Å². The van der Waals surface area contributed by atoms with Crippen LogP contribution in [0.25, 0.3) is 28.2 Å². The fourth-order valence-electron chi connectivity index (χ4n) is 3.75. The normalized spacial score (nSPS) is 11.2. The number of halogens is 1. The number of imidazole rings is 1. The zero-order chi connectivity index (χ0) is 22.9. The SMILES string of the molecule is CCOc1nc2cccc(C(=O)O)c2n1Cc1ccc(-n2cc(Cl)cc2-c2nn[nH]n2)cc1. The van der Waals surface area contributed by atoms with Crippen molar-refractivity contribution in [3.63, 3.8) is 0 Å². The fourth-order valence-corrected chi connectivity index (χ4v) is 3.95. The molecule has 0 bridgehead atoms. The van der Waals surface area contributed by atoms with Crippen molar-refractivity contribution in [1.29, 1.82) is 0 Å². The number of ether oxygens (including phenoxy) is 1. The van der Waals surface area contributed by atoms with Gasteiger partial charge < -0.3 is 14.4 Å². The molecule has 0 aliphatic carbocycles. The van der Waals surface area contributed by atoms with E-state index < -0.39 is 5.97 Å². The number of aromatic carboxylic acids is 1. The first-order chi connectivity index (χ1) is 16.0. The lowest BCUT2D eigenvalue weighted by Gasteiger charge is -2.12. The molecule has 2 N–H and O–H groups in total. The van der Waals surface area contributed by atoms with Crippen molar-refractivity contribution in [2.75, 3.05) is 6.61 Å². The molecule has 0 aliphatic rings. The summed E-state index contributed by atoms with van der Waals surface area (Å²) in [5.41, 5.74) is 3.77. The van der Waals surface area contributed by atoms with E-state index in [9.17, 15) is 9.90 Å². The zero-order valence-corrected chi connectivity index (χ0v) is 18.2. The van der Waals surface area contributed by atoms with E-state index in [4.69, 9.17) is 16.3 Å². The Morgan fingerprint density at radius 3 is 2.73 bits per heavy atom. The van der Waals surface area contributed by atoms with E-state index in [2.05, 4.69) is 25.6 Å². The summed E-state index contributed by atoms with van der Waals surface area (Å²) in [7, 11) is 0. The molecule has 0 radical (unpaired) electrons. The molecule has 0 fully saturated rings. The van der Waals surface area contributed by atoms with Crippen molar-refractivity contribution < 1.29 is 14.6 Å². The third kappa shape index (κ3) is 3.80. The van der Waals surface area contributed by atoms with Gasteiger partial charge in [0.25, 0.3) is 6.01 Å². The number of para-hydroxylation sites is 1. The zero-order valence-electron chi connectivity index (χ0n) is 17.4. The summed E-state index contributed by atoms with van der Waals surface area (Å²) >= 11 is 6.22. The number of hydrogen-bond donors (Lipinski definition) is 2. The number of carboxylic acid groups (broad SMARTS) is 1. The highest BCUT2D eigenvalue weighted by Crippen LogP contribution is 2.28. The van der Waals surface area contributed by atoms with Gasteiger partial charge in [-0.05, 0) is 48.0 Å². The summed E-state index contributed by atoms with van der Waals surface area (Å²) in [5.74, 6) is -0.586. The number of nitrogens with one attached hydrogen (secondary N) is 1. The number of carbonyl (C=O) groups is 1. The van der Waals surface area contributed by atoms with Crippen LogP contribution in [0, 0.1) is 0 Å². The molecule has 0 atom stereocenters. The molecule has 166 valence electrons. The highest BCUT2D eigenvalue weighted by molar-refractivity contribution is 6.30. The number of rotatable bonds is 7. The topological polar surface area (TPSA) is 124 Å². The van der Waals surface area contributed by atoms with Crippen LogP contribution < -0.4 is 4.74 Å². The lowest BCUT2D eigenvalue weighted by Crippen LogP contribution is -2.08. The molecular formula is C22H18ClN7O3. The predicted octanol–water partition coefficient (Wildman–Crippen LogP) is 3.81. The summed E-state index contributed by atoms with van der Waals surface area (Å²) in [4.78, 5) is 16.3. The van der Waals surface area contributed by atoms with Crippen LogP contribution in [0.15, 0.2) is 54.7 Å². The lowest BCUT2D eigenvalue weighted by atomic mass is 10.1. The van der Waals surface area contributed by atoms with Gasteiger partial charge in [0.1, 0.15) is 0 Å². The molecule has 0 amide bonds. The van der Waals surface area contributed by atoms with Gasteiger partial charge in [-0.3, -0.25) is 4.57 Å². The molecule has 10 nitrogen and oxygen atoms in total. The molecule has 0 saturated heterocycles. The molecule has 2 aromatic carbocycles. The molecule has 0 aliphatic heterocycles. The molecule has 0 saturated carbocycles. The minimum absolute atomic E-state index is 0.175. The number of aromatic nitrogens is 7. The maximum Gasteiger partial charge on any atom is 0.337 e. The van der Waals surface area contributed by atoms with Crippen LogP contribution in [0.2, 0.25) is 5.02 Å². The minimum Gasteiger partial charge on any atom is -0.478 e. The summed E-state index contributed by atoms with van der Waals surface area (Å²) in [6, 6.07) is 14.9.